The van der Waals surface area contributed by atoms with E-state index in [9.17, 15) is 25.2 Å². The van der Waals surface area contributed by atoms with Crippen LogP contribution in [0.2, 0.25) is 0 Å². The van der Waals surface area contributed by atoms with Crippen LogP contribution in [0.15, 0.2) is 0 Å². The highest BCUT2D eigenvalue weighted by molar-refractivity contribution is 5.80. The number of aliphatic hydroxyl groups excluding tert-OH is 4. The predicted octanol–water partition coefficient (Wildman–Crippen LogP) is 17.5. The van der Waals surface area contributed by atoms with Crippen molar-refractivity contribution in [1.82, 2.24) is 5.32 Å². The van der Waals surface area contributed by atoms with Crippen LogP contribution in [0, 0.1) is 0 Å². The Morgan fingerprint density at radius 3 is 0.738 bits per heavy atom. The van der Waals surface area contributed by atoms with E-state index in [4.69, 9.17) is 0 Å². The van der Waals surface area contributed by atoms with Crippen LogP contribution in [0.5, 0.6) is 0 Å². The molecule has 0 radical (unpaired) electrons. The van der Waals surface area contributed by atoms with E-state index in [1.54, 1.807) is 0 Å². The molecule has 6 heteroatoms. The minimum absolute atomic E-state index is 0.376. The molecule has 0 spiro atoms. The summed E-state index contributed by atoms with van der Waals surface area (Å²) in [5.74, 6) is -0.575. The zero-order chi connectivity index (χ0) is 47.4. The quantitative estimate of drug-likeness (QED) is 0.0390. The first-order chi connectivity index (χ1) is 32.0. The van der Waals surface area contributed by atoms with Gasteiger partial charge in [-0.15, -0.1) is 0 Å². The van der Waals surface area contributed by atoms with Crippen molar-refractivity contribution in [2.75, 3.05) is 6.61 Å². The largest absolute Gasteiger partial charge is 0.394 e. The monoisotopic (exact) mass is 922 g/mol. The summed E-state index contributed by atoms with van der Waals surface area (Å²) in [5.41, 5.74) is 0. The zero-order valence-electron chi connectivity index (χ0n) is 44.3. The van der Waals surface area contributed by atoms with Crippen molar-refractivity contribution >= 4 is 5.91 Å². The number of carbonyl (C=O) groups excluding carboxylic acids is 1. The van der Waals surface area contributed by atoms with Crippen molar-refractivity contribution in [2.45, 2.75) is 366 Å². The molecule has 0 aromatic rings. The molecule has 0 aromatic heterocycles. The molecule has 0 rings (SSSR count). The summed E-state index contributed by atoms with van der Waals surface area (Å²) in [7, 11) is 0. The Morgan fingerprint density at radius 2 is 0.523 bits per heavy atom. The summed E-state index contributed by atoms with van der Waals surface area (Å²) < 4.78 is 0. The van der Waals surface area contributed by atoms with Crippen molar-refractivity contribution < 1.29 is 25.2 Å². The Labute approximate surface area is 407 Å². The second kappa shape index (κ2) is 54.3. The summed E-state index contributed by atoms with van der Waals surface area (Å²) in [5, 5.41) is 44.1. The average molecular weight is 923 g/mol. The van der Waals surface area contributed by atoms with Crippen molar-refractivity contribution in [3.05, 3.63) is 0 Å². The number of amides is 1. The fourth-order valence-electron chi connectivity index (χ4n) is 9.88. The molecule has 4 unspecified atom stereocenters. The Balaban J connectivity index is 3.55. The molecule has 0 aliphatic carbocycles. The summed E-state index contributed by atoms with van der Waals surface area (Å²) in [6.45, 7) is 4.11. The van der Waals surface area contributed by atoms with Crippen LogP contribution in [-0.4, -0.2) is 57.3 Å². The van der Waals surface area contributed by atoms with Gasteiger partial charge in [0.25, 0.3) is 0 Å². The fourth-order valence-corrected chi connectivity index (χ4v) is 9.88. The topological polar surface area (TPSA) is 110 Å². The smallest absolute Gasteiger partial charge is 0.249 e. The van der Waals surface area contributed by atoms with E-state index in [0.717, 1.165) is 38.5 Å². The minimum Gasteiger partial charge on any atom is -0.394 e. The Bertz CT molecular complexity index is 902. The highest BCUT2D eigenvalue weighted by atomic mass is 16.3. The van der Waals surface area contributed by atoms with Crippen molar-refractivity contribution in [3.63, 3.8) is 0 Å². The van der Waals surface area contributed by atoms with Crippen molar-refractivity contribution in [3.8, 4) is 0 Å². The molecule has 0 saturated heterocycles. The molecule has 0 bridgehead atoms. The van der Waals surface area contributed by atoms with E-state index in [2.05, 4.69) is 19.2 Å². The molecule has 0 fully saturated rings. The lowest BCUT2D eigenvalue weighted by atomic mass is 9.99. The fraction of sp³-hybridized carbons (Fsp3) is 0.983. The molecule has 65 heavy (non-hydrogen) atoms. The number of aliphatic hydroxyl groups is 4. The molecule has 4 atom stereocenters. The number of rotatable bonds is 56. The van der Waals surface area contributed by atoms with Crippen molar-refractivity contribution in [1.29, 1.82) is 0 Å². The van der Waals surface area contributed by atoms with Crippen LogP contribution in [0.25, 0.3) is 0 Å². The van der Waals surface area contributed by atoms with Crippen molar-refractivity contribution in [2.24, 2.45) is 0 Å². The van der Waals surface area contributed by atoms with Gasteiger partial charge in [-0.25, -0.2) is 0 Å². The van der Waals surface area contributed by atoms with Gasteiger partial charge in [0.05, 0.1) is 18.8 Å². The van der Waals surface area contributed by atoms with E-state index < -0.39 is 36.9 Å². The molecule has 0 saturated carbocycles. The summed E-state index contributed by atoms with van der Waals surface area (Å²) in [6.07, 6.45) is 63.3. The van der Waals surface area contributed by atoms with Gasteiger partial charge in [0.1, 0.15) is 12.2 Å². The lowest BCUT2D eigenvalue weighted by Crippen LogP contribution is -2.53. The standard InChI is InChI=1S/C59H119NO5/c1-3-5-7-9-11-13-15-17-19-21-23-25-26-27-28-29-30-31-33-35-37-39-41-43-45-47-49-51-53-57(63)59(65)60-55(54-61)58(64)56(62)52-50-48-46-44-42-40-38-36-34-32-24-22-20-18-16-14-12-10-8-6-4-2/h55-58,61-64H,3-54H2,1-2H3,(H,60,65). The third kappa shape index (κ3) is 48.1. The third-order valence-electron chi connectivity index (χ3n) is 14.6. The summed E-state index contributed by atoms with van der Waals surface area (Å²) >= 11 is 0. The van der Waals surface area contributed by atoms with Gasteiger partial charge in [0.2, 0.25) is 5.91 Å². The minimum atomic E-state index is -1.25. The van der Waals surface area contributed by atoms with Gasteiger partial charge in [-0.1, -0.05) is 328 Å². The molecule has 390 valence electrons. The molecular weight excluding hydrogens is 803 g/mol. The molecular formula is C59H119NO5. The van der Waals surface area contributed by atoms with Gasteiger partial charge in [-0.2, -0.15) is 0 Å². The first-order valence-electron chi connectivity index (χ1n) is 29.9. The van der Waals surface area contributed by atoms with E-state index in [1.165, 1.54) is 276 Å². The number of unbranched alkanes of at least 4 members (excludes halogenated alkanes) is 47. The van der Waals surface area contributed by atoms with Crippen LogP contribution in [0.1, 0.15) is 341 Å². The Kier molecular flexibility index (Phi) is 53.7. The Hall–Kier alpha value is -0.690. The lowest BCUT2D eigenvalue weighted by molar-refractivity contribution is -0.132. The predicted molar refractivity (Wildman–Crippen MR) is 284 cm³/mol. The molecule has 0 heterocycles. The number of nitrogens with one attached hydrogen (secondary N) is 1. The highest BCUT2D eigenvalue weighted by Crippen LogP contribution is 2.19. The first kappa shape index (κ1) is 64.3. The number of carbonyl (C=O) groups is 1. The lowest BCUT2D eigenvalue weighted by Gasteiger charge is -2.27. The van der Waals surface area contributed by atoms with E-state index in [0.29, 0.717) is 12.8 Å². The molecule has 5 N–H and O–H groups in total. The van der Waals surface area contributed by atoms with Gasteiger partial charge in [-0.3, -0.25) is 4.79 Å². The molecule has 0 aliphatic heterocycles. The van der Waals surface area contributed by atoms with E-state index in [1.807, 2.05) is 0 Å². The van der Waals surface area contributed by atoms with Crippen LogP contribution in [-0.2, 0) is 4.79 Å². The van der Waals surface area contributed by atoms with Gasteiger partial charge < -0.3 is 25.7 Å². The average Bonchev–Trinajstić information content (AvgIpc) is 3.31. The van der Waals surface area contributed by atoms with Crippen LogP contribution in [0.4, 0.5) is 0 Å². The molecule has 0 aliphatic rings. The SMILES string of the molecule is CCCCCCCCCCCCCCCCCCCCCCCCCCCCCCC(O)C(=O)NC(CO)C(O)C(O)CCCCCCCCCCCCCCCCCCCCCCC. The second-order valence-electron chi connectivity index (χ2n) is 21.1. The molecule has 0 aromatic carbocycles. The van der Waals surface area contributed by atoms with E-state index in [-0.39, 0.29) is 0 Å². The van der Waals surface area contributed by atoms with Gasteiger partial charge >= 0.3 is 0 Å². The first-order valence-corrected chi connectivity index (χ1v) is 29.9. The number of hydrogen-bond acceptors (Lipinski definition) is 5. The van der Waals surface area contributed by atoms with Crippen LogP contribution >= 0.6 is 0 Å². The maximum atomic E-state index is 12.6. The zero-order valence-corrected chi connectivity index (χ0v) is 44.3. The van der Waals surface area contributed by atoms with E-state index >= 15 is 0 Å². The molecule has 1 amide bonds. The van der Waals surface area contributed by atoms with Gasteiger partial charge in [-0.05, 0) is 12.8 Å². The third-order valence-corrected chi connectivity index (χ3v) is 14.6. The maximum Gasteiger partial charge on any atom is 0.249 e. The molecule has 6 nitrogen and oxygen atoms in total. The summed E-state index contributed by atoms with van der Waals surface area (Å²) in [6, 6.07) is -0.981. The van der Waals surface area contributed by atoms with Gasteiger partial charge in [0, 0.05) is 0 Å². The summed E-state index contributed by atoms with van der Waals surface area (Å²) in [4.78, 5) is 12.6. The normalized spacial score (nSPS) is 13.6. The number of hydrogen-bond donors (Lipinski definition) is 5. The second-order valence-corrected chi connectivity index (χ2v) is 21.1. The van der Waals surface area contributed by atoms with Crippen LogP contribution < -0.4 is 5.32 Å². The Morgan fingerprint density at radius 1 is 0.323 bits per heavy atom. The highest BCUT2D eigenvalue weighted by Gasteiger charge is 2.28. The van der Waals surface area contributed by atoms with Gasteiger partial charge in [0.15, 0.2) is 0 Å². The maximum absolute atomic E-state index is 12.6. The van der Waals surface area contributed by atoms with Crippen LogP contribution in [0.3, 0.4) is 0 Å².